The van der Waals surface area contributed by atoms with Gasteiger partial charge in [-0.1, -0.05) is 0 Å². The van der Waals surface area contributed by atoms with Crippen LogP contribution in [-0.2, 0) is 16.5 Å². The van der Waals surface area contributed by atoms with Crippen molar-refractivity contribution in [1.82, 2.24) is 0 Å². The molecule has 0 saturated carbocycles. The van der Waals surface area contributed by atoms with Crippen LogP contribution in [0.5, 0.6) is 0 Å². The molecule has 0 saturated heterocycles. The molecule has 0 atom stereocenters. The summed E-state index contributed by atoms with van der Waals surface area (Å²) in [5, 5.41) is -1.35. The van der Waals surface area contributed by atoms with Crippen LogP contribution in [0.4, 0.5) is 26.3 Å². The minimum atomic E-state index is -5.63. The van der Waals surface area contributed by atoms with E-state index in [2.05, 4.69) is 0 Å². The fourth-order valence-corrected chi connectivity index (χ4v) is 6.52. The Bertz CT molecular complexity index is 312. The molecule has 1 nitrogen and oxygen atoms in total. The van der Waals surface area contributed by atoms with Gasteiger partial charge in [0.25, 0.3) is 0 Å². The maximum absolute atomic E-state index is 12.8. The molecule has 0 fully saturated rings. The maximum Gasteiger partial charge on any atom is 2.00 e. The number of rotatable bonds is 2. The molecule has 138 valence electrons. The molecule has 0 aromatic carbocycles. The first-order valence-electron chi connectivity index (χ1n) is 6.09. The fourth-order valence-electron chi connectivity index (χ4n) is 2.28. The van der Waals surface area contributed by atoms with E-state index in [1.54, 1.807) is 41.5 Å². The van der Waals surface area contributed by atoms with Gasteiger partial charge in [0.1, 0.15) is 5.54 Å². The number of hydrogen-bond donors (Lipinski definition) is 0. The van der Waals surface area contributed by atoms with E-state index >= 15 is 0 Å². The molecular formula is C13H25F6NNiP+. The molecule has 0 aromatic rings. The normalized spacial score (nSPS) is 14.5. The Hall–Kier alpha value is 0.464. The van der Waals surface area contributed by atoms with E-state index in [0.717, 1.165) is 0 Å². The van der Waals surface area contributed by atoms with Crippen molar-refractivity contribution in [3.8, 4) is 0 Å². The van der Waals surface area contributed by atoms with Gasteiger partial charge in [0.15, 0.2) is 0 Å². The summed E-state index contributed by atoms with van der Waals surface area (Å²) in [5.41, 5.74) is 2.70. The topological polar surface area (TPSA) is 23.8 Å². The monoisotopic (exact) mass is 398 g/mol. The Morgan fingerprint density at radius 2 is 0.955 bits per heavy atom. The molecule has 0 aliphatic rings. The van der Waals surface area contributed by atoms with E-state index in [1.165, 1.54) is 0 Å². The number of halogens is 6. The zero-order valence-corrected chi connectivity index (χ0v) is 15.8. The van der Waals surface area contributed by atoms with Crippen LogP contribution in [0, 0.1) is 7.43 Å². The Balaban J connectivity index is -0.00000180. The molecule has 0 unspecified atom stereocenters. The van der Waals surface area contributed by atoms with E-state index in [9.17, 15) is 26.3 Å². The molecule has 0 heterocycles. The Morgan fingerprint density at radius 1 is 0.727 bits per heavy atom. The molecule has 0 amide bonds. The smallest absolute Gasteiger partial charge is 0.654 e. The summed E-state index contributed by atoms with van der Waals surface area (Å²) < 4.78 is 77.1. The van der Waals surface area contributed by atoms with Gasteiger partial charge in [-0.15, -0.1) is 0 Å². The molecular weight excluding hydrogens is 374 g/mol. The molecule has 0 radical (unpaired) electrons. The zero-order valence-electron chi connectivity index (χ0n) is 13.8. The average Bonchev–Trinajstić information content (AvgIpc) is 2.05. The second-order valence-electron chi connectivity index (χ2n) is 7.06. The van der Waals surface area contributed by atoms with Gasteiger partial charge in [-0.25, -0.2) is 0 Å². The van der Waals surface area contributed by atoms with Crippen LogP contribution in [0.25, 0.3) is 5.73 Å². The average molecular weight is 399 g/mol. The molecule has 0 spiro atoms. The molecule has 0 aliphatic carbocycles. The number of alkyl halides is 6. The van der Waals surface area contributed by atoms with Crippen LogP contribution in [0.2, 0.25) is 0 Å². The second-order valence-corrected chi connectivity index (χ2v) is 11.4. The van der Waals surface area contributed by atoms with Crippen molar-refractivity contribution < 1.29 is 42.8 Å². The molecule has 1 N–H and O–H groups in total. The standard InChI is InChI=1S/C12H21F6NP.CH3.Ni/c1-8(2,3)20(9(4,5)6)7-10(19,11(13,14)15)12(16,17)18;;/h19H,7H2,1-6H3;1H3;/q2*-1;+2/p+1. The van der Waals surface area contributed by atoms with Crippen molar-refractivity contribution in [2.75, 3.05) is 6.16 Å². The molecule has 0 aromatic heterocycles. The zero-order chi connectivity index (χ0) is 16.8. The first kappa shape index (κ1) is 27.3. The summed E-state index contributed by atoms with van der Waals surface area (Å²) in [4.78, 5) is 0. The molecule has 0 bridgehead atoms. The number of nitrogens with one attached hydrogen (secondary N) is 1. The van der Waals surface area contributed by atoms with Crippen molar-refractivity contribution in [3.05, 3.63) is 13.2 Å². The predicted octanol–water partition coefficient (Wildman–Crippen LogP) is 6.16. The van der Waals surface area contributed by atoms with E-state index in [4.69, 9.17) is 5.73 Å². The van der Waals surface area contributed by atoms with Gasteiger partial charge in [0, 0.05) is 7.92 Å². The van der Waals surface area contributed by atoms with Gasteiger partial charge in [0.2, 0.25) is 0 Å². The largest absolute Gasteiger partial charge is 2.00 e. The quantitative estimate of drug-likeness (QED) is 0.230. The first-order chi connectivity index (χ1) is 8.34. The van der Waals surface area contributed by atoms with Crippen LogP contribution in [0.3, 0.4) is 0 Å². The van der Waals surface area contributed by atoms with E-state index in [-0.39, 0.29) is 23.9 Å². The summed E-state index contributed by atoms with van der Waals surface area (Å²) in [5.74, 6) is 0. The van der Waals surface area contributed by atoms with Gasteiger partial charge in [0.05, 0.1) is 16.5 Å². The third-order valence-electron chi connectivity index (χ3n) is 3.22. The van der Waals surface area contributed by atoms with Crippen LogP contribution < -0.4 is 0 Å². The van der Waals surface area contributed by atoms with E-state index in [1.807, 2.05) is 0 Å². The molecule has 0 rings (SSSR count). The fraction of sp³-hybridized carbons (Fsp3) is 0.923. The summed E-state index contributed by atoms with van der Waals surface area (Å²) >= 11 is 0. The third-order valence-corrected chi connectivity index (χ3v) is 7.73. The van der Waals surface area contributed by atoms with E-state index in [0.29, 0.717) is 0 Å². The van der Waals surface area contributed by atoms with Crippen LogP contribution in [-0.4, -0.2) is 34.4 Å². The van der Waals surface area contributed by atoms with Gasteiger partial charge in [-0.05, 0) is 41.5 Å². The summed E-state index contributed by atoms with van der Waals surface area (Å²) in [6, 6.07) is 0. The minimum Gasteiger partial charge on any atom is -0.654 e. The van der Waals surface area contributed by atoms with Crippen molar-refractivity contribution in [2.24, 2.45) is 0 Å². The van der Waals surface area contributed by atoms with Crippen molar-refractivity contribution >= 4 is 7.92 Å². The minimum absolute atomic E-state index is 0. The summed E-state index contributed by atoms with van der Waals surface area (Å²) in [7, 11) is -2.12. The van der Waals surface area contributed by atoms with Gasteiger partial charge >= 0.3 is 28.8 Å². The molecule has 9 heteroatoms. The van der Waals surface area contributed by atoms with Gasteiger partial charge in [-0.3, -0.25) is 0 Å². The van der Waals surface area contributed by atoms with Gasteiger partial charge in [-0.2, -0.15) is 26.3 Å². The third kappa shape index (κ3) is 6.16. The van der Waals surface area contributed by atoms with Crippen molar-refractivity contribution in [1.29, 1.82) is 0 Å². The van der Waals surface area contributed by atoms with E-state index < -0.39 is 42.3 Å². The molecule has 22 heavy (non-hydrogen) atoms. The Labute approximate surface area is 140 Å². The summed E-state index contributed by atoms with van der Waals surface area (Å²) in [6.07, 6.45) is -12.5. The Kier molecular flexibility index (Phi) is 9.40. The Morgan fingerprint density at radius 3 is 1.09 bits per heavy atom. The first-order valence-corrected chi connectivity index (χ1v) is 7.80. The predicted molar refractivity (Wildman–Crippen MR) is 78.3 cm³/mol. The van der Waals surface area contributed by atoms with Crippen LogP contribution in [0.1, 0.15) is 41.5 Å². The maximum atomic E-state index is 12.8. The van der Waals surface area contributed by atoms with Crippen molar-refractivity contribution in [3.63, 3.8) is 0 Å². The van der Waals surface area contributed by atoms with Crippen molar-refractivity contribution in [2.45, 2.75) is 69.7 Å². The van der Waals surface area contributed by atoms with Gasteiger partial charge < -0.3 is 13.2 Å². The summed E-state index contributed by atoms with van der Waals surface area (Å²) in [6.45, 7) is 9.83. The van der Waals surface area contributed by atoms with Crippen LogP contribution in [0.15, 0.2) is 0 Å². The van der Waals surface area contributed by atoms with Crippen LogP contribution >= 0.6 is 7.92 Å². The number of hydrogen-bond acceptors (Lipinski definition) is 0. The second kappa shape index (κ2) is 7.57. The SMILES string of the molecule is CC(C)(C)[PH+](CC([NH-])(C(F)(F)F)C(F)(F)F)C(C)(C)C.[CH3-].[Ni+2]. The molecule has 0 aliphatic heterocycles.